The van der Waals surface area contributed by atoms with Crippen LogP contribution >= 0.6 is 0 Å². The lowest BCUT2D eigenvalue weighted by Crippen LogP contribution is -2.08. The van der Waals surface area contributed by atoms with Gasteiger partial charge in [-0.25, -0.2) is 0 Å². The molecule has 0 saturated heterocycles. The molecule has 1 aromatic rings. The summed E-state index contributed by atoms with van der Waals surface area (Å²) in [5.74, 6) is 0.376. The van der Waals surface area contributed by atoms with Crippen molar-refractivity contribution in [2.24, 2.45) is 0 Å². The van der Waals surface area contributed by atoms with Crippen molar-refractivity contribution in [2.45, 2.75) is 53.1 Å². The van der Waals surface area contributed by atoms with Gasteiger partial charge in [-0.2, -0.15) is 0 Å². The van der Waals surface area contributed by atoms with Gasteiger partial charge in [0.25, 0.3) is 0 Å². The minimum atomic E-state index is -0.163. The fraction of sp³-hybridized carbons (Fsp3) is 0.533. The van der Waals surface area contributed by atoms with E-state index < -0.39 is 0 Å². The zero-order chi connectivity index (χ0) is 13.0. The fourth-order valence-electron chi connectivity index (χ4n) is 1.86. The highest BCUT2D eigenvalue weighted by atomic mass is 16.5. The number of hydrogen-bond acceptors (Lipinski definition) is 2. The molecule has 0 aliphatic rings. The van der Waals surface area contributed by atoms with E-state index >= 15 is 0 Å². The molecule has 0 bridgehead atoms. The second kappa shape index (κ2) is 5.85. The molecule has 94 valence electrons. The normalized spacial score (nSPS) is 12.6. The summed E-state index contributed by atoms with van der Waals surface area (Å²) >= 11 is 0. The first kappa shape index (κ1) is 13.8. The number of rotatable bonds is 4. The number of aryl methyl sites for hydroxylation is 1. The van der Waals surface area contributed by atoms with Crippen molar-refractivity contribution in [1.29, 1.82) is 0 Å². The maximum atomic E-state index is 11.3. The van der Waals surface area contributed by atoms with Gasteiger partial charge in [0.2, 0.25) is 0 Å². The van der Waals surface area contributed by atoms with Crippen LogP contribution in [0.5, 0.6) is 0 Å². The summed E-state index contributed by atoms with van der Waals surface area (Å²) in [6, 6.07) is 6.36. The minimum Gasteiger partial charge on any atom is -0.458 e. The van der Waals surface area contributed by atoms with Crippen LogP contribution < -0.4 is 0 Å². The van der Waals surface area contributed by atoms with Crippen LogP contribution in [0.1, 0.15) is 62.8 Å². The van der Waals surface area contributed by atoms with Crippen LogP contribution in [0.3, 0.4) is 0 Å². The molecule has 0 aliphatic carbocycles. The summed E-state index contributed by atoms with van der Waals surface area (Å²) in [4.78, 5) is 11.3. The first-order valence-electron chi connectivity index (χ1n) is 6.25. The molecule has 2 nitrogen and oxygen atoms in total. The summed E-state index contributed by atoms with van der Waals surface area (Å²) in [6.45, 7) is 10.1. The van der Waals surface area contributed by atoms with Crippen LogP contribution in [0.15, 0.2) is 18.2 Å². The first-order chi connectivity index (χ1) is 7.95. The summed E-state index contributed by atoms with van der Waals surface area (Å²) in [6.07, 6.45) is 0.261. The van der Waals surface area contributed by atoms with Crippen LogP contribution in [0, 0.1) is 6.92 Å². The summed E-state index contributed by atoms with van der Waals surface area (Å²) < 4.78 is 5.33. The molecule has 17 heavy (non-hydrogen) atoms. The maximum Gasteiger partial charge on any atom is 0.306 e. The molecule has 0 aromatic heterocycles. The monoisotopic (exact) mass is 234 g/mol. The van der Waals surface area contributed by atoms with Crippen molar-refractivity contribution in [3.8, 4) is 0 Å². The van der Waals surface area contributed by atoms with Gasteiger partial charge in [-0.3, -0.25) is 4.79 Å². The Morgan fingerprint density at radius 1 is 1.29 bits per heavy atom. The molecule has 0 N–H and O–H groups in total. The van der Waals surface area contributed by atoms with Crippen LogP contribution in [0.4, 0.5) is 0 Å². The summed E-state index contributed by atoms with van der Waals surface area (Å²) in [5, 5.41) is 0. The largest absolute Gasteiger partial charge is 0.458 e. The zero-order valence-electron chi connectivity index (χ0n) is 11.4. The lowest BCUT2D eigenvalue weighted by atomic mass is 9.96. The smallest absolute Gasteiger partial charge is 0.306 e. The molecular weight excluding hydrogens is 212 g/mol. The quantitative estimate of drug-likeness (QED) is 0.732. The van der Waals surface area contributed by atoms with Gasteiger partial charge < -0.3 is 4.74 Å². The number of benzene rings is 1. The molecule has 0 fully saturated rings. The van der Waals surface area contributed by atoms with E-state index in [9.17, 15) is 4.79 Å². The standard InChI is InChI=1S/C15H22O2/c1-6-15(16)17-12(5)14-8-7-13(10(2)3)9-11(14)4/h7-10,12H,6H2,1-5H3. The molecule has 0 amide bonds. The highest BCUT2D eigenvalue weighted by molar-refractivity contribution is 5.69. The molecule has 0 saturated carbocycles. The molecule has 1 unspecified atom stereocenters. The third-order valence-electron chi connectivity index (χ3n) is 3.00. The highest BCUT2D eigenvalue weighted by Gasteiger charge is 2.13. The van der Waals surface area contributed by atoms with Crippen molar-refractivity contribution in [3.63, 3.8) is 0 Å². The highest BCUT2D eigenvalue weighted by Crippen LogP contribution is 2.25. The van der Waals surface area contributed by atoms with E-state index in [4.69, 9.17) is 4.74 Å². The predicted molar refractivity (Wildman–Crippen MR) is 70.1 cm³/mol. The topological polar surface area (TPSA) is 26.3 Å². The molecule has 0 spiro atoms. The zero-order valence-corrected chi connectivity index (χ0v) is 11.4. The van der Waals surface area contributed by atoms with E-state index in [1.165, 1.54) is 11.1 Å². The number of esters is 1. The van der Waals surface area contributed by atoms with Gasteiger partial charge in [0.15, 0.2) is 0 Å². The molecular formula is C15H22O2. The van der Waals surface area contributed by atoms with E-state index in [1.807, 2.05) is 13.8 Å². The van der Waals surface area contributed by atoms with Crippen molar-refractivity contribution in [1.82, 2.24) is 0 Å². The van der Waals surface area contributed by atoms with Crippen LogP contribution in [-0.2, 0) is 9.53 Å². The van der Waals surface area contributed by atoms with Gasteiger partial charge in [-0.15, -0.1) is 0 Å². The summed E-state index contributed by atoms with van der Waals surface area (Å²) in [7, 11) is 0. The Bertz CT molecular complexity index is 394. The lowest BCUT2D eigenvalue weighted by molar-refractivity contribution is -0.148. The Morgan fingerprint density at radius 3 is 2.41 bits per heavy atom. The predicted octanol–water partition coefficient (Wildman–Crippen LogP) is 4.13. The van der Waals surface area contributed by atoms with Crippen LogP contribution in [-0.4, -0.2) is 5.97 Å². The number of carbonyl (C=O) groups is 1. The third kappa shape index (κ3) is 3.58. The average Bonchev–Trinajstić information content (AvgIpc) is 2.28. The lowest BCUT2D eigenvalue weighted by Gasteiger charge is -2.17. The Kier molecular flexibility index (Phi) is 4.73. The SMILES string of the molecule is CCC(=O)OC(C)c1ccc(C(C)C)cc1C. The van der Waals surface area contributed by atoms with Gasteiger partial charge >= 0.3 is 5.97 Å². The number of ether oxygens (including phenoxy) is 1. The minimum absolute atomic E-state index is 0.148. The second-order valence-corrected chi connectivity index (χ2v) is 4.76. The van der Waals surface area contributed by atoms with Gasteiger partial charge in [-0.1, -0.05) is 39.0 Å². The van der Waals surface area contributed by atoms with Gasteiger partial charge in [0.1, 0.15) is 6.10 Å². The summed E-state index contributed by atoms with van der Waals surface area (Å²) in [5.41, 5.74) is 3.60. The maximum absolute atomic E-state index is 11.3. The van der Waals surface area contributed by atoms with Crippen molar-refractivity contribution < 1.29 is 9.53 Å². The molecule has 0 radical (unpaired) electrons. The van der Waals surface area contributed by atoms with Crippen molar-refractivity contribution >= 4 is 5.97 Å². The van der Waals surface area contributed by atoms with Crippen molar-refractivity contribution in [3.05, 3.63) is 34.9 Å². The number of carbonyl (C=O) groups excluding carboxylic acids is 1. The Balaban J connectivity index is 2.88. The molecule has 1 atom stereocenters. The molecule has 0 aliphatic heterocycles. The van der Waals surface area contributed by atoms with E-state index in [0.29, 0.717) is 12.3 Å². The average molecular weight is 234 g/mol. The Labute approximate surface area is 104 Å². The Hall–Kier alpha value is -1.31. The van der Waals surface area contributed by atoms with E-state index in [-0.39, 0.29) is 12.1 Å². The third-order valence-corrected chi connectivity index (χ3v) is 3.00. The van der Waals surface area contributed by atoms with Crippen LogP contribution in [0.2, 0.25) is 0 Å². The second-order valence-electron chi connectivity index (χ2n) is 4.76. The van der Waals surface area contributed by atoms with E-state index in [2.05, 4.69) is 39.0 Å². The van der Waals surface area contributed by atoms with Crippen LogP contribution in [0.25, 0.3) is 0 Å². The van der Waals surface area contributed by atoms with Crippen molar-refractivity contribution in [2.75, 3.05) is 0 Å². The van der Waals surface area contributed by atoms with Gasteiger partial charge in [0.05, 0.1) is 0 Å². The van der Waals surface area contributed by atoms with Gasteiger partial charge in [-0.05, 0) is 36.5 Å². The number of hydrogen-bond donors (Lipinski definition) is 0. The first-order valence-corrected chi connectivity index (χ1v) is 6.25. The molecule has 0 heterocycles. The van der Waals surface area contributed by atoms with E-state index in [1.54, 1.807) is 0 Å². The van der Waals surface area contributed by atoms with E-state index in [0.717, 1.165) is 5.56 Å². The molecule has 1 aromatic carbocycles. The Morgan fingerprint density at radius 2 is 1.94 bits per heavy atom. The molecule has 2 heteroatoms. The van der Waals surface area contributed by atoms with Gasteiger partial charge in [0, 0.05) is 6.42 Å². The molecule has 1 rings (SSSR count). The fourth-order valence-corrected chi connectivity index (χ4v) is 1.86.